The molecule has 0 bridgehead atoms. The van der Waals surface area contributed by atoms with Crippen molar-refractivity contribution >= 4 is 17.2 Å². The Kier molecular flexibility index (Phi) is 6.28. The van der Waals surface area contributed by atoms with Crippen molar-refractivity contribution in [3.8, 4) is 28.4 Å². The van der Waals surface area contributed by atoms with E-state index in [1.165, 1.54) is 10.4 Å². The number of methoxy groups -OCH3 is 2. The Hall–Kier alpha value is -3.58. The van der Waals surface area contributed by atoms with E-state index >= 15 is 0 Å². The Morgan fingerprint density at radius 2 is 1.88 bits per heavy atom. The Bertz CT molecular complexity index is 1230. The van der Waals surface area contributed by atoms with Crippen molar-refractivity contribution in [1.82, 2.24) is 14.7 Å². The minimum atomic E-state index is -0.104. The third-order valence-electron chi connectivity index (χ3n) is 5.32. The Morgan fingerprint density at radius 1 is 1.09 bits per heavy atom. The molecule has 0 aliphatic rings. The first-order valence-electron chi connectivity index (χ1n) is 10.2. The van der Waals surface area contributed by atoms with E-state index in [0.29, 0.717) is 29.3 Å². The average Bonchev–Trinajstić information content (AvgIpc) is 3.45. The van der Waals surface area contributed by atoms with Crippen molar-refractivity contribution in [2.45, 2.75) is 13.5 Å². The maximum atomic E-state index is 13.6. The second kappa shape index (κ2) is 9.28. The number of hydrogen-bond acceptors (Lipinski definition) is 5. The van der Waals surface area contributed by atoms with Gasteiger partial charge in [-0.05, 0) is 48.2 Å². The lowest BCUT2D eigenvalue weighted by molar-refractivity contribution is 0.0787. The first kappa shape index (κ1) is 21.6. The number of aromatic nitrogens is 2. The number of benzene rings is 2. The lowest BCUT2D eigenvalue weighted by atomic mass is 10.1. The molecule has 2 aromatic heterocycles. The molecule has 2 aromatic carbocycles. The van der Waals surface area contributed by atoms with Gasteiger partial charge in [0.25, 0.3) is 5.91 Å². The molecule has 2 heterocycles. The number of nitrogens with zero attached hydrogens (tertiary/aromatic N) is 3. The van der Waals surface area contributed by atoms with Gasteiger partial charge in [0.05, 0.1) is 32.0 Å². The fourth-order valence-corrected chi connectivity index (χ4v) is 4.45. The lowest BCUT2D eigenvalue weighted by Crippen LogP contribution is -2.26. The van der Waals surface area contributed by atoms with Crippen molar-refractivity contribution < 1.29 is 14.3 Å². The van der Waals surface area contributed by atoms with Crippen LogP contribution in [0.5, 0.6) is 11.5 Å². The standard InChI is InChI=1S/C25H25N3O3S/c1-17-12-13-32-23(17)16-27(2)25(29)21-15-28(18-8-6-5-7-9-18)26-24(21)20-11-10-19(30-3)14-22(20)31-4/h5-15H,16H2,1-4H3. The van der Waals surface area contributed by atoms with Crippen LogP contribution in [0, 0.1) is 6.92 Å². The van der Waals surface area contributed by atoms with Gasteiger partial charge in [-0.2, -0.15) is 5.10 Å². The fourth-order valence-electron chi connectivity index (χ4n) is 3.50. The number of amides is 1. The molecule has 0 spiro atoms. The average molecular weight is 448 g/mol. The summed E-state index contributed by atoms with van der Waals surface area (Å²) in [6.07, 6.45) is 1.79. The molecule has 4 rings (SSSR count). The van der Waals surface area contributed by atoms with Gasteiger partial charge in [0.2, 0.25) is 0 Å². The zero-order chi connectivity index (χ0) is 22.7. The smallest absolute Gasteiger partial charge is 0.257 e. The summed E-state index contributed by atoms with van der Waals surface area (Å²) >= 11 is 1.65. The zero-order valence-electron chi connectivity index (χ0n) is 18.5. The van der Waals surface area contributed by atoms with Crippen molar-refractivity contribution in [1.29, 1.82) is 0 Å². The predicted molar refractivity (Wildman–Crippen MR) is 127 cm³/mol. The zero-order valence-corrected chi connectivity index (χ0v) is 19.3. The summed E-state index contributed by atoms with van der Waals surface area (Å²) in [6.45, 7) is 2.60. The van der Waals surface area contributed by atoms with Crippen LogP contribution < -0.4 is 9.47 Å². The van der Waals surface area contributed by atoms with Crippen LogP contribution in [0.25, 0.3) is 16.9 Å². The van der Waals surface area contributed by atoms with Crippen LogP contribution in [0.1, 0.15) is 20.8 Å². The number of ether oxygens (including phenoxy) is 2. The van der Waals surface area contributed by atoms with Crippen LogP contribution >= 0.6 is 11.3 Å². The van der Waals surface area contributed by atoms with Gasteiger partial charge in [0, 0.05) is 29.8 Å². The molecule has 164 valence electrons. The molecule has 0 saturated carbocycles. The Balaban J connectivity index is 1.79. The van der Waals surface area contributed by atoms with Crippen molar-refractivity contribution in [3.05, 3.63) is 82.2 Å². The van der Waals surface area contributed by atoms with Crippen LogP contribution in [0.15, 0.2) is 66.2 Å². The van der Waals surface area contributed by atoms with Crippen molar-refractivity contribution in [2.24, 2.45) is 0 Å². The fraction of sp³-hybridized carbons (Fsp3) is 0.200. The molecule has 7 heteroatoms. The number of hydrogen-bond donors (Lipinski definition) is 0. The highest BCUT2D eigenvalue weighted by atomic mass is 32.1. The van der Waals surface area contributed by atoms with Crippen LogP contribution in [0.2, 0.25) is 0 Å². The molecule has 0 atom stereocenters. The number of carbonyl (C=O) groups is 1. The molecule has 0 fully saturated rings. The third-order valence-corrected chi connectivity index (χ3v) is 6.33. The molecule has 0 N–H and O–H groups in total. The SMILES string of the molecule is COc1ccc(-c2nn(-c3ccccc3)cc2C(=O)N(C)Cc2sccc2C)c(OC)c1. The first-order chi connectivity index (χ1) is 15.5. The molecule has 32 heavy (non-hydrogen) atoms. The number of carbonyl (C=O) groups excluding carboxylic acids is 1. The number of aryl methyl sites for hydroxylation is 1. The van der Waals surface area contributed by atoms with Crippen LogP contribution in [0.3, 0.4) is 0 Å². The lowest BCUT2D eigenvalue weighted by Gasteiger charge is -2.17. The highest BCUT2D eigenvalue weighted by Crippen LogP contribution is 2.35. The second-order valence-electron chi connectivity index (χ2n) is 7.43. The van der Waals surface area contributed by atoms with E-state index in [2.05, 4.69) is 13.0 Å². The summed E-state index contributed by atoms with van der Waals surface area (Å²) in [6, 6.07) is 17.3. The molecule has 0 saturated heterocycles. The van der Waals surface area contributed by atoms with Crippen LogP contribution in [-0.4, -0.2) is 41.9 Å². The van der Waals surface area contributed by atoms with Gasteiger partial charge in [-0.1, -0.05) is 18.2 Å². The van der Waals surface area contributed by atoms with E-state index in [1.54, 1.807) is 47.4 Å². The van der Waals surface area contributed by atoms with E-state index in [9.17, 15) is 4.79 Å². The van der Waals surface area contributed by atoms with Gasteiger partial charge in [-0.3, -0.25) is 4.79 Å². The summed E-state index contributed by atoms with van der Waals surface area (Å²) < 4.78 is 12.7. The normalized spacial score (nSPS) is 10.8. The summed E-state index contributed by atoms with van der Waals surface area (Å²) in [7, 11) is 5.02. The maximum absolute atomic E-state index is 13.6. The summed E-state index contributed by atoms with van der Waals surface area (Å²) in [5.74, 6) is 1.16. The van der Waals surface area contributed by atoms with Crippen molar-refractivity contribution in [2.75, 3.05) is 21.3 Å². The van der Waals surface area contributed by atoms with Gasteiger partial charge >= 0.3 is 0 Å². The van der Waals surface area contributed by atoms with E-state index in [1.807, 2.05) is 54.9 Å². The highest BCUT2D eigenvalue weighted by Gasteiger charge is 2.24. The third kappa shape index (κ3) is 4.24. The number of rotatable bonds is 7. The molecule has 0 unspecified atom stereocenters. The molecule has 0 aliphatic carbocycles. The van der Waals surface area contributed by atoms with Crippen molar-refractivity contribution in [3.63, 3.8) is 0 Å². The molecular formula is C25H25N3O3S. The molecule has 1 amide bonds. The second-order valence-corrected chi connectivity index (χ2v) is 8.43. The highest BCUT2D eigenvalue weighted by molar-refractivity contribution is 7.10. The van der Waals surface area contributed by atoms with Gasteiger partial charge in [-0.25, -0.2) is 4.68 Å². The minimum absolute atomic E-state index is 0.104. The Labute approximate surface area is 191 Å². The van der Waals surface area contributed by atoms with Crippen LogP contribution in [0.4, 0.5) is 0 Å². The minimum Gasteiger partial charge on any atom is -0.497 e. The quantitative estimate of drug-likeness (QED) is 0.391. The monoisotopic (exact) mass is 447 g/mol. The number of para-hydroxylation sites is 1. The summed E-state index contributed by atoms with van der Waals surface area (Å²) in [5.41, 5.74) is 3.86. The largest absolute Gasteiger partial charge is 0.497 e. The van der Waals surface area contributed by atoms with Crippen LogP contribution in [-0.2, 0) is 6.54 Å². The van der Waals surface area contributed by atoms with Gasteiger partial charge in [0.15, 0.2) is 0 Å². The maximum Gasteiger partial charge on any atom is 0.257 e. The van der Waals surface area contributed by atoms with E-state index in [-0.39, 0.29) is 5.91 Å². The number of thiophene rings is 1. The summed E-state index contributed by atoms with van der Waals surface area (Å²) in [5, 5.41) is 6.83. The summed E-state index contributed by atoms with van der Waals surface area (Å²) in [4.78, 5) is 16.4. The van der Waals surface area contributed by atoms with Gasteiger partial charge in [0.1, 0.15) is 17.2 Å². The van der Waals surface area contributed by atoms with Gasteiger partial charge < -0.3 is 14.4 Å². The predicted octanol–water partition coefficient (Wildman–Crippen LogP) is 5.20. The molecule has 6 nitrogen and oxygen atoms in total. The van der Waals surface area contributed by atoms with E-state index in [4.69, 9.17) is 14.6 Å². The molecular weight excluding hydrogens is 422 g/mol. The first-order valence-corrected chi connectivity index (χ1v) is 11.1. The Morgan fingerprint density at radius 3 is 2.53 bits per heavy atom. The molecule has 0 radical (unpaired) electrons. The molecule has 4 aromatic rings. The van der Waals surface area contributed by atoms with E-state index in [0.717, 1.165) is 11.3 Å². The van der Waals surface area contributed by atoms with Gasteiger partial charge in [-0.15, -0.1) is 11.3 Å². The van der Waals surface area contributed by atoms with E-state index < -0.39 is 0 Å². The topological polar surface area (TPSA) is 56.6 Å². The molecule has 0 aliphatic heterocycles.